The molecular formula is C11H11BrF4O2. The lowest BCUT2D eigenvalue weighted by Gasteiger charge is -2.19. The van der Waals surface area contributed by atoms with Crippen molar-refractivity contribution in [1.82, 2.24) is 0 Å². The molecule has 2 atom stereocenters. The Bertz CT molecular complexity index is 409. The first-order chi connectivity index (χ1) is 8.27. The lowest BCUT2D eigenvalue weighted by atomic mass is 10.00. The predicted octanol–water partition coefficient (Wildman–Crippen LogP) is 3.02. The van der Waals surface area contributed by atoms with Crippen molar-refractivity contribution in [1.29, 1.82) is 0 Å². The second-order valence-electron chi connectivity index (χ2n) is 3.72. The number of aliphatic hydroxyl groups excluding tert-OH is 2. The van der Waals surface area contributed by atoms with Crippen LogP contribution in [0.4, 0.5) is 17.6 Å². The van der Waals surface area contributed by atoms with Crippen LogP contribution in [0, 0.1) is 5.82 Å². The van der Waals surface area contributed by atoms with E-state index < -0.39 is 35.3 Å². The highest BCUT2D eigenvalue weighted by Gasteiger charge is 2.32. The lowest BCUT2D eigenvalue weighted by molar-refractivity contribution is -0.137. The Kier molecular flexibility index (Phi) is 5.12. The third kappa shape index (κ3) is 3.66. The number of aliphatic hydroxyl groups is 2. The van der Waals surface area contributed by atoms with Gasteiger partial charge < -0.3 is 10.2 Å². The molecule has 0 saturated carbocycles. The van der Waals surface area contributed by atoms with Crippen LogP contribution in [0.3, 0.4) is 0 Å². The summed E-state index contributed by atoms with van der Waals surface area (Å²) in [4.78, 5) is 0. The number of hydrogen-bond donors (Lipinski definition) is 2. The third-order valence-corrected chi connectivity index (χ3v) is 2.87. The van der Waals surface area contributed by atoms with Gasteiger partial charge in [-0.1, -0.05) is 15.9 Å². The number of benzene rings is 1. The van der Waals surface area contributed by atoms with Crippen molar-refractivity contribution in [2.45, 2.75) is 24.8 Å². The van der Waals surface area contributed by atoms with Crippen LogP contribution >= 0.6 is 15.9 Å². The lowest BCUT2D eigenvalue weighted by Crippen LogP contribution is -2.20. The minimum atomic E-state index is -4.62. The standard InChI is InChI=1S/C11H11BrF4O2/c12-4-3-9(17)10(18)7-5-6(11(14,15)16)1-2-8(7)13/h1-2,5,9-10,17-18H,3-4H2. The monoisotopic (exact) mass is 330 g/mol. The highest BCUT2D eigenvalue weighted by molar-refractivity contribution is 9.09. The first kappa shape index (κ1) is 15.4. The molecule has 7 heteroatoms. The molecule has 18 heavy (non-hydrogen) atoms. The Morgan fingerprint density at radius 2 is 1.83 bits per heavy atom. The van der Waals surface area contributed by atoms with E-state index in [2.05, 4.69) is 15.9 Å². The van der Waals surface area contributed by atoms with Crippen LogP contribution in [-0.4, -0.2) is 21.6 Å². The fourth-order valence-electron chi connectivity index (χ4n) is 1.42. The van der Waals surface area contributed by atoms with E-state index in [1.54, 1.807) is 0 Å². The molecule has 0 saturated heterocycles. The minimum absolute atomic E-state index is 0.0941. The summed E-state index contributed by atoms with van der Waals surface area (Å²) >= 11 is 3.01. The van der Waals surface area contributed by atoms with Gasteiger partial charge in [0.1, 0.15) is 11.9 Å². The van der Waals surface area contributed by atoms with Gasteiger partial charge in [0.15, 0.2) is 0 Å². The van der Waals surface area contributed by atoms with Crippen LogP contribution in [0.15, 0.2) is 18.2 Å². The maximum absolute atomic E-state index is 13.4. The Balaban J connectivity index is 3.08. The Morgan fingerprint density at radius 1 is 1.22 bits per heavy atom. The molecule has 2 unspecified atom stereocenters. The van der Waals surface area contributed by atoms with Gasteiger partial charge in [-0.2, -0.15) is 13.2 Å². The smallest absolute Gasteiger partial charge is 0.390 e. The molecule has 102 valence electrons. The molecule has 0 amide bonds. The Labute approximate surface area is 109 Å². The van der Waals surface area contributed by atoms with Gasteiger partial charge in [-0.05, 0) is 24.6 Å². The summed E-state index contributed by atoms with van der Waals surface area (Å²) in [5.74, 6) is -0.982. The molecule has 2 nitrogen and oxygen atoms in total. The fraction of sp³-hybridized carbons (Fsp3) is 0.455. The van der Waals surface area contributed by atoms with E-state index in [-0.39, 0.29) is 6.42 Å². The highest BCUT2D eigenvalue weighted by atomic mass is 79.9. The fourth-order valence-corrected chi connectivity index (χ4v) is 1.89. The summed E-state index contributed by atoms with van der Waals surface area (Å²) in [5, 5.41) is 19.4. The molecule has 2 N–H and O–H groups in total. The van der Waals surface area contributed by atoms with Crippen LogP contribution in [-0.2, 0) is 6.18 Å². The van der Waals surface area contributed by atoms with Gasteiger partial charge in [0.25, 0.3) is 0 Å². The average molecular weight is 331 g/mol. The van der Waals surface area contributed by atoms with Crippen LogP contribution in [0.5, 0.6) is 0 Å². The van der Waals surface area contributed by atoms with Crippen molar-refractivity contribution in [2.75, 3.05) is 5.33 Å². The maximum Gasteiger partial charge on any atom is 0.416 e. The zero-order valence-corrected chi connectivity index (χ0v) is 10.7. The van der Waals surface area contributed by atoms with Crippen molar-refractivity contribution in [2.24, 2.45) is 0 Å². The van der Waals surface area contributed by atoms with E-state index in [0.29, 0.717) is 23.5 Å². The topological polar surface area (TPSA) is 40.5 Å². The molecule has 0 aliphatic rings. The van der Waals surface area contributed by atoms with Gasteiger partial charge in [0.2, 0.25) is 0 Å². The second kappa shape index (κ2) is 5.99. The second-order valence-corrected chi connectivity index (χ2v) is 4.52. The van der Waals surface area contributed by atoms with Crippen molar-refractivity contribution < 1.29 is 27.8 Å². The van der Waals surface area contributed by atoms with E-state index in [1.165, 1.54) is 0 Å². The number of hydrogen-bond acceptors (Lipinski definition) is 2. The normalized spacial score (nSPS) is 15.5. The SMILES string of the molecule is OC(CCBr)C(O)c1cc(C(F)(F)F)ccc1F. The van der Waals surface area contributed by atoms with E-state index in [9.17, 15) is 27.8 Å². The molecule has 0 aromatic heterocycles. The summed E-state index contributed by atoms with van der Waals surface area (Å²) in [6.07, 6.45) is -7.55. The summed E-state index contributed by atoms with van der Waals surface area (Å²) in [7, 11) is 0. The molecule has 0 heterocycles. The first-order valence-electron chi connectivity index (χ1n) is 5.06. The molecular weight excluding hydrogens is 320 g/mol. The largest absolute Gasteiger partial charge is 0.416 e. The molecule has 0 fully saturated rings. The molecule has 1 aromatic rings. The summed E-state index contributed by atoms with van der Waals surface area (Å²) < 4.78 is 50.7. The van der Waals surface area contributed by atoms with Crippen molar-refractivity contribution >= 4 is 15.9 Å². The van der Waals surface area contributed by atoms with Crippen molar-refractivity contribution in [3.05, 3.63) is 35.1 Å². The van der Waals surface area contributed by atoms with Crippen molar-refractivity contribution in [3.8, 4) is 0 Å². The molecule has 1 aromatic carbocycles. The molecule has 0 aliphatic heterocycles. The van der Waals surface area contributed by atoms with Gasteiger partial charge in [-0.25, -0.2) is 4.39 Å². The zero-order valence-electron chi connectivity index (χ0n) is 9.09. The predicted molar refractivity (Wildman–Crippen MR) is 60.8 cm³/mol. The quantitative estimate of drug-likeness (QED) is 0.658. The van der Waals surface area contributed by atoms with E-state index in [1.807, 2.05) is 0 Å². The van der Waals surface area contributed by atoms with Crippen LogP contribution < -0.4 is 0 Å². The number of halogens is 5. The van der Waals surface area contributed by atoms with E-state index >= 15 is 0 Å². The number of alkyl halides is 4. The Morgan fingerprint density at radius 3 is 2.33 bits per heavy atom. The van der Waals surface area contributed by atoms with Crippen LogP contribution in [0.25, 0.3) is 0 Å². The van der Waals surface area contributed by atoms with Gasteiger partial charge in [0.05, 0.1) is 11.7 Å². The third-order valence-electron chi connectivity index (χ3n) is 2.41. The minimum Gasteiger partial charge on any atom is -0.390 e. The maximum atomic E-state index is 13.4. The van der Waals surface area contributed by atoms with Gasteiger partial charge in [-0.3, -0.25) is 0 Å². The summed E-state index contributed by atoms with van der Waals surface area (Å²) in [5.41, 5.74) is -1.62. The molecule has 0 radical (unpaired) electrons. The van der Waals surface area contributed by atoms with Gasteiger partial charge in [0, 0.05) is 10.9 Å². The zero-order chi connectivity index (χ0) is 13.9. The van der Waals surface area contributed by atoms with Gasteiger partial charge >= 0.3 is 6.18 Å². The van der Waals surface area contributed by atoms with E-state index in [0.717, 1.165) is 0 Å². The van der Waals surface area contributed by atoms with Crippen LogP contribution in [0.1, 0.15) is 23.7 Å². The van der Waals surface area contributed by atoms with Crippen molar-refractivity contribution in [3.63, 3.8) is 0 Å². The van der Waals surface area contributed by atoms with Crippen LogP contribution in [0.2, 0.25) is 0 Å². The Hall–Kier alpha value is -0.660. The molecule has 0 bridgehead atoms. The summed E-state index contributed by atoms with van der Waals surface area (Å²) in [6.45, 7) is 0. The van der Waals surface area contributed by atoms with Gasteiger partial charge in [-0.15, -0.1) is 0 Å². The summed E-state index contributed by atoms with van der Waals surface area (Å²) in [6, 6.07) is 1.72. The van der Waals surface area contributed by atoms with E-state index in [4.69, 9.17) is 0 Å². The molecule has 1 rings (SSSR count). The highest BCUT2D eigenvalue weighted by Crippen LogP contribution is 2.32. The first-order valence-corrected chi connectivity index (χ1v) is 6.18. The molecule has 0 aliphatic carbocycles. The number of rotatable bonds is 4. The molecule has 0 spiro atoms. The average Bonchev–Trinajstić information content (AvgIpc) is 2.27.